The van der Waals surface area contributed by atoms with Gasteiger partial charge in [-0.1, -0.05) is 53.6 Å². The van der Waals surface area contributed by atoms with Crippen LogP contribution in [0.2, 0.25) is 5.02 Å². The zero-order valence-corrected chi connectivity index (χ0v) is 17.4. The summed E-state index contributed by atoms with van der Waals surface area (Å²) in [6, 6.07) is 18.4. The molecule has 0 aliphatic heterocycles. The van der Waals surface area contributed by atoms with E-state index in [1.54, 1.807) is 12.1 Å². The van der Waals surface area contributed by atoms with Crippen molar-refractivity contribution < 1.29 is 13.9 Å². The molecule has 0 fully saturated rings. The molecule has 0 spiro atoms. The van der Waals surface area contributed by atoms with E-state index in [0.717, 1.165) is 16.7 Å². The number of nitrogens with one attached hydrogen (secondary N) is 1. The highest BCUT2D eigenvalue weighted by Crippen LogP contribution is 2.37. The molecule has 0 heterocycles. The number of hydrogen-bond donors (Lipinski definition) is 1. The normalized spacial score (nSPS) is 10.8. The Morgan fingerprint density at radius 2 is 1.66 bits per heavy atom. The largest absolute Gasteiger partial charge is 0.490 e. The minimum atomic E-state index is -0.233. The fourth-order valence-electron chi connectivity index (χ4n) is 3.04. The van der Waals surface area contributed by atoms with E-state index in [-0.39, 0.29) is 5.82 Å². The molecule has 0 aliphatic rings. The minimum Gasteiger partial charge on any atom is -0.490 e. The second-order valence-corrected chi connectivity index (χ2v) is 7.25. The van der Waals surface area contributed by atoms with Crippen molar-refractivity contribution in [3.8, 4) is 11.5 Å². The molecule has 3 rings (SSSR count). The first-order valence-corrected chi connectivity index (χ1v) is 10.0. The minimum absolute atomic E-state index is 0.233. The SMILES string of the molecule is CCOc1cc(CNCc2ccc(F)cc2)cc(Cl)c1OCc1cccc(C)c1. The molecular weight excluding hydrogens is 389 g/mol. The van der Waals surface area contributed by atoms with E-state index in [1.165, 1.54) is 17.7 Å². The molecule has 3 nitrogen and oxygen atoms in total. The molecule has 0 saturated heterocycles. The molecule has 0 atom stereocenters. The third-order valence-corrected chi connectivity index (χ3v) is 4.69. The average Bonchev–Trinajstić information content (AvgIpc) is 2.69. The standard InChI is InChI=1S/C24H25ClFNO2/c1-3-28-23-13-20(15-27-14-18-7-9-21(26)10-8-18)12-22(25)24(23)29-16-19-6-4-5-17(2)11-19/h4-13,27H,3,14-16H2,1-2H3. The van der Waals surface area contributed by atoms with Crippen LogP contribution in [0.25, 0.3) is 0 Å². The summed E-state index contributed by atoms with van der Waals surface area (Å²) in [5.41, 5.74) is 4.27. The van der Waals surface area contributed by atoms with Gasteiger partial charge >= 0.3 is 0 Å². The highest BCUT2D eigenvalue weighted by Gasteiger charge is 2.13. The molecule has 5 heteroatoms. The van der Waals surface area contributed by atoms with Crippen molar-refractivity contribution in [3.05, 3.63) is 93.8 Å². The van der Waals surface area contributed by atoms with Gasteiger partial charge in [-0.15, -0.1) is 0 Å². The lowest BCUT2D eigenvalue weighted by atomic mass is 10.1. The van der Waals surface area contributed by atoms with E-state index in [9.17, 15) is 4.39 Å². The summed E-state index contributed by atoms with van der Waals surface area (Å²) in [7, 11) is 0. The van der Waals surface area contributed by atoms with Gasteiger partial charge in [0.15, 0.2) is 11.5 Å². The van der Waals surface area contributed by atoms with Crippen LogP contribution in [0.3, 0.4) is 0 Å². The Morgan fingerprint density at radius 1 is 0.897 bits per heavy atom. The van der Waals surface area contributed by atoms with Gasteiger partial charge in [-0.05, 0) is 54.8 Å². The van der Waals surface area contributed by atoms with Gasteiger partial charge in [0, 0.05) is 13.1 Å². The third-order valence-electron chi connectivity index (χ3n) is 4.41. The number of benzene rings is 3. The fraction of sp³-hybridized carbons (Fsp3) is 0.250. The lowest BCUT2D eigenvalue weighted by Crippen LogP contribution is -2.13. The quantitative estimate of drug-likeness (QED) is 0.462. The number of rotatable bonds is 9. The highest BCUT2D eigenvalue weighted by molar-refractivity contribution is 6.32. The topological polar surface area (TPSA) is 30.5 Å². The fourth-order valence-corrected chi connectivity index (χ4v) is 3.33. The highest BCUT2D eigenvalue weighted by atomic mass is 35.5. The van der Waals surface area contributed by atoms with Gasteiger partial charge in [0.25, 0.3) is 0 Å². The molecule has 0 saturated carbocycles. The zero-order valence-electron chi connectivity index (χ0n) is 16.7. The molecule has 152 valence electrons. The van der Waals surface area contributed by atoms with Crippen molar-refractivity contribution in [2.45, 2.75) is 33.5 Å². The van der Waals surface area contributed by atoms with Crippen molar-refractivity contribution in [2.24, 2.45) is 0 Å². The van der Waals surface area contributed by atoms with Gasteiger partial charge in [0.2, 0.25) is 0 Å². The van der Waals surface area contributed by atoms with Crippen molar-refractivity contribution in [1.29, 1.82) is 0 Å². The summed E-state index contributed by atoms with van der Waals surface area (Å²) in [5, 5.41) is 3.86. The summed E-state index contributed by atoms with van der Waals surface area (Å²) in [6.45, 7) is 6.16. The molecule has 0 aliphatic carbocycles. The molecule has 0 bridgehead atoms. The van der Waals surface area contributed by atoms with Gasteiger partial charge in [-0.25, -0.2) is 4.39 Å². The van der Waals surface area contributed by atoms with Crippen LogP contribution >= 0.6 is 11.6 Å². The van der Waals surface area contributed by atoms with Crippen molar-refractivity contribution in [3.63, 3.8) is 0 Å². The Labute approximate surface area is 176 Å². The number of ether oxygens (including phenoxy) is 2. The lowest BCUT2D eigenvalue weighted by molar-refractivity contribution is 0.269. The second kappa shape index (κ2) is 10.3. The Morgan fingerprint density at radius 3 is 2.38 bits per heavy atom. The number of aryl methyl sites for hydroxylation is 1. The van der Waals surface area contributed by atoms with E-state index < -0.39 is 0 Å². The van der Waals surface area contributed by atoms with E-state index in [0.29, 0.717) is 42.8 Å². The molecule has 29 heavy (non-hydrogen) atoms. The van der Waals surface area contributed by atoms with E-state index >= 15 is 0 Å². The Kier molecular flexibility index (Phi) is 7.50. The molecular formula is C24H25ClFNO2. The molecule has 0 amide bonds. The first kappa shape index (κ1) is 21.2. The molecule has 0 aromatic heterocycles. The smallest absolute Gasteiger partial charge is 0.180 e. The van der Waals surface area contributed by atoms with Gasteiger partial charge < -0.3 is 14.8 Å². The molecule has 0 unspecified atom stereocenters. The number of halogens is 2. The predicted octanol–water partition coefficient (Wildman–Crippen LogP) is 6.06. The Bertz CT molecular complexity index is 944. The van der Waals surface area contributed by atoms with Crippen molar-refractivity contribution in [1.82, 2.24) is 5.32 Å². The van der Waals surface area contributed by atoms with Crippen LogP contribution in [-0.4, -0.2) is 6.61 Å². The summed E-state index contributed by atoms with van der Waals surface area (Å²) >= 11 is 6.51. The lowest BCUT2D eigenvalue weighted by Gasteiger charge is -2.16. The van der Waals surface area contributed by atoms with Crippen LogP contribution in [-0.2, 0) is 19.7 Å². The second-order valence-electron chi connectivity index (χ2n) is 6.85. The van der Waals surface area contributed by atoms with Crippen LogP contribution in [0.5, 0.6) is 11.5 Å². The van der Waals surface area contributed by atoms with Crippen LogP contribution in [0.4, 0.5) is 4.39 Å². The Balaban J connectivity index is 1.67. The monoisotopic (exact) mass is 413 g/mol. The first-order chi connectivity index (χ1) is 14.0. The summed E-state index contributed by atoms with van der Waals surface area (Å²) < 4.78 is 24.8. The average molecular weight is 414 g/mol. The van der Waals surface area contributed by atoms with E-state index in [2.05, 4.69) is 24.4 Å². The summed E-state index contributed by atoms with van der Waals surface area (Å²) in [5.74, 6) is 0.951. The van der Waals surface area contributed by atoms with Crippen LogP contribution in [0, 0.1) is 12.7 Å². The van der Waals surface area contributed by atoms with Gasteiger partial charge in [-0.2, -0.15) is 0 Å². The van der Waals surface area contributed by atoms with Crippen LogP contribution < -0.4 is 14.8 Å². The van der Waals surface area contributed by atoms with E-state index in [4.69, 9.17) is 21.1 Å². The van der Waals surface area contributed by atoms with Gasteiger partial charge in [0.1, 0.15) is 12.4 Å². The van der Waals surface area contributed by atoms with Gasteiger partial charge in [0.05, 0.1) is 11.6 Å². The van der Waals surface area contributed by atoms with Gasteiger partial charge in [-0.3, -0.25) is 0 Å². The maximum absolute atomic E-state index is 13.0. The molecule has 0 radical (unpaired) electrons. The maximum Gasteiger partial charge on any atom is 0.180 e. The van der Waals surface area contributed by atoms with Crippen molar-refractivity contribution >= 4 is 11.6 Å². The van der Waals surface area contributed by atoms with Crippen LogP contribution in [0.1, 0.15) is 29.2 Å². The van der Waals surface area contributed by atoms with Crippen molar-refractivity contribution in [2.75, 3.05) is 6.61 Å². The molecule has 1 N–H and O–H groups in total. The maximum atomic E-state index is 13.0. The summed E-state index contributed by atoms with van der Waals surface area (Å²) in [6.07, 6.45) is 0. The third kappa shape index (κ3) is 6.21. The summed E-state index contributed by atoms with van der Waals surface area (Å²) in [4.78, 5) is 0. The Hall–Kier alpha value is -2.56. The van der Waals surface area contributed by atoms with E-state index in [1.807, 2.05) is 31.2 Å². The predicted molar refractivity (Wildman–Crippen MR) is 115 cm³/mol. The zero-order chi connectivity index (χ0) is 20.6. The molecule has 3 aromatic carbocycles. The first-order valence-electron chi connectivity index (χ1n) is 9.64. The number of hydrogen-bond acceptors (Lipinski definition) is 3. The molecule has 3 aromatic rings. The van der Waals surface area contributed by atoms with Crippen LogP contribution in [0.15, 0.2) is 60.7 Å².